The second kappa shape index (κ2) is 9.91. The van der Waals surface area contributed by atoms with Crippen molar-refractivity contribution in [2.24, 2.45) is 0 Å². The Balaban J connectivity index is 1.37. The van der Waals surface area contributed by atoms with Gasteiger partial charge in [0.25, 0.3) is 0 Å². The van der Waals surface area contributed by atoms with Crippen molar-refractivity contribution in [2.75, 3.05) is 45.6 Å². The van der Waals surface area contributed by atoms with Crippen LogP contribution in [0.4, 0.5) is 10.1 Å². The fourth-order valence-electron chi connectivity index (χ4n) is 5.18. The normalized spacial score (nSPS) is 14.7. The van der Waals surface area contributed by atoms with Crippen molar-refractivity contribution in [3.05, 3.63) is 60.2 Å². The zero-order valence-electron chi connectivity index (χ0n) is 21.1. The quantitative estimate of drug-likeness (QED) is 0.259. The number of benzene rings is 1. The Morgan fingerprint density at radius 2 is 1.92 bits per heavy atom. The fraction of sp³-hybridized carbons (Fsp3) is 0.321. The van der Waals surface area contributed by atoms with Gasteiger partial charge in [-0.15, -0.1) is 0 Å². The molecule has 37 heavy (non-hydrogen) atoms. The molecule has 0 aliphatic carbocycles. The summed E-state index contributed by atoms with van der Waals surface area (Å²) in [5.74, 6) is 0.229. The number of nitrogens with one attached hydrogen (secondary N) is 4. The number of rotatable bonds is 7. The molecule has 0 radical (unpaired) electrons. The first-order chi connectivity index (χ1) is 18.0. The second-order valence-corrected chi connectivity index (χ2v) is 10.0. The zero-order valence-corrected chi connectivity index (χ0v) is 21.1. The molecule has 6 rings (SSSR count). The Labute approximate surface area is 214 Å². The zero-order chi connectivity index (χ0) is 25.4. The van der Waals surface area contributed by atoms with E-state index < -0.39 is 0 Å². The molecule has 4 aromatic heterocycles. The Bertz CT molecular complexity index is 1550. The highest BCUT2D eigenvalue weighted by Gasteiger charge is 2.19. The summed E-state index contributed by atoms with van der Waals surface area (Å²) in [4.78, 5) is 14.7. The lowest BCUT2D eigenvalue weighted by Crippen LogP contribution is -2.26. The van der Waals surface area contributed by atoms with E-state index in [-0.39, 0.29) is 5.82 Å². The van der Waals surface area contributed by atoms with Crippen LogP contribution in [0.1, 0.15) is 24.3 Å². The number of piperidine rings is 1. The minimum absolute atomic E-state index is 0.276. The number of anilines is 1. The molecular formula is C28H31FN8. The predicted octanol–water partition coefficient (Wildman–Crippen LogP) is 4.75. The molecule has 5 heterocycles. The molecule has 5 aromatic rings. The largest absolute Gasteiger partial charge is 0.384 e. The summed E-state index contributed by atoms with van der Waals surface area (Å²) in [6.45, 7) is 3.66. The van der Waals surface area contributed by atoms with Gasteiger partial charge in [-0.1, -0.05) is 0 Å². The fourth-order valence-corrected chi connectivity index (χ4v) is 5.18. The average molecular weight is 499 g/mol. The van der Waals surface area contributed by atoms with Crippen molar-refractivity contribution in [1.29, 1.82) is 0 Å². The van der Waals surface area contributed by atoms with E-state index in [0.29, 0.717) is 11.6 Å². The topological polar surface area (TPSA) is 97.5 Å². The van der Waals surface area contributed by atoms with Gasteiger partial charge in [-0.3, -0.25) is 5.10 Å². The summed E-state index contributed by atoms with van der Waals surface area (Å²) in [6.07, 6.45) is 5.94. The van der Waals surface area contributed by atoms with Crippen LogP contribution < -0.4 is 10.6 Å². The lowest BCUT2D eigenvalue weighted by Gasteiger charge is -2.22. The summed E-state index contributed by atoms with van der Waals surface area (Å²) in [5.41, 5.74) is 6.92. The number of hydrogen-bond donors (Lipinski definition) is 4. The third-order valence-corrected chi connectivity index (χ3v) is 7.14. The molecule has 4 N–H and O–H groups in total. The van der Waals surface area contributed by atoms with Gasteiger partial charge in [-0.25, -0.2) is 14.4 Å². The van der Waals surface area contributed by atoms with Crippen molar-refractivity contribution in [3.63, 3.8) is 0 Å². The first-order valence-corrected chi connectivity index (χ1v) is 12.8. The minimum atomic E-state index is -0.276. The van der Waals surface area contributed by atoms with Gasteiger partial charge >= 0.3 is 0 Å². The number of aromatic nitrogens is 5. The highest BCUT2D eigenvalue weighted by atomic mass is 19.1. The number of halogens is 1. The van der Waals surface area contributed by atoms with E-state index in [4.69, 9.17) is 0 Å². The molecule has 1 aromatic carbocycles. The monoisotopic (exact) mass is 498 g/mol. The average Bonchev–Trinajstić information content (AvgIpc) is 3.52. The van der Waals surface area contributed by atoms with Crippen LogP contribution in [-0.4, -0.2) is 70.3 Å². The molecule has 0 spiro atoms. The van der Waals surface area contributed by atoms with Crippen molar-refractivity contribution < 1.29 is 4.39 Å². The van der Waals surface area contributed by atoms with Crippen LogP contribution in [0.25, 0.3) is 44.6 Å². The molecule has 0 unspecified atom stereocenters. The Kier molecular flexibility index (Phi) is 6.31. The van der Waals surface area contributed by atoms with Gasteiger partial charge in [0, 0.05) is 41.9 Å². The van der Waals surface area contributed by atoms with Crippen LogP contribution in [0.15, 0.2) is 48.8 Å². The highest BCUT2D eigenvalue weighted by Crippen LogP contribution is 2.35. The number of pyridine rings is 2. The van der Waals surface area contributed by atoms with Gasteiger partial charge in [0.15, 0.2) is 5.65 Å². The van der Waals surface area contributed by atoms with E-state index in [1.807, 2.05) is 32.4 Å². The highest BCUT2D eigenvalue weighted by molar-refractivity contribution is 5.99. The standard InChI is InChI=1S/C28H31FN8/c1-37(2)10-9-31-21-12-18(11-20(29)14-21)22-5-8-32-27-23(22)15-25(34-27)26-24-13-19(16-33-28(24)36-35-26)17-3-6-30-7-4-17/h5,8,11-17,30-31H,3-4,6-7,9-10H2,1-2H3,(H,32,34)(H,33,35,36). The summed E-state index contributed by atoms with van der Waals surface area (Å²) < 4.78 is 14.6. The van der Waals surface area contributed by atoms with Crippen molar-refractivity contribution in [2.45, 2.75) is 18.8 Å². The van der Waals surface area contributed by atoms with E-state index in [1.165, 1.54) is 11.6 Å². The van der Waals surface area contributed by atoms with Gasteiger partial charge in [-0.2, -0.15) is 5.10 Å². The van der Waals surface area contributed by atoms with Gasteiger partial charge < -0.3 is 20.5 Å². The lowest BCUT2D eigenvalue weighted by molar-refractivity contribution is 0.425. The van der Waals surface area contributed by atoms with E-state index in [1.54, 1.807) is 12.3 Å². The molecule has 1 aliphatic rings. The van der Waals surface area contributed by atoms with Gasteiger partial charge in [0.2, 0.25) is 0 Å². The van der Waals surface area contributed by atoms with E-state index >= 15 is 0 Å². The maximum Gasteiger partial charge on any atom is 0.181 e. The van der Waals surface area contributed by atoms with Crippen molar-refractivity contribution in [1.82, 2.24) is 35.4 Å². The molecule has 0 amide bonds. The molecule has 9 heteroatoms. The SMILES string of the molecule is CN(C)CCNc1cc(F)cc(-c2ccnc3[nH]c(-c4[nH]nc5ncc(C6CCNCC6)cc45)cc23)c1. The van der Waals surface area contributed by atoms with Crippen LogP contribution >= 0.6 is 0 Å². The molecule has 190 valence electrons. The molecule has 0 bridgehead atoms. The first kappa shape index (κ1) is 23.6. The Hall–Kier alpha value is -3.82. The molecule has 8 nitrogen and oxygen atoms in total. The third kappa shape index (κ3) is 4.80. The van der Waals surface area contributed by atoms with E-state index in [9.17, 15) is 4.39 Å². The smallest absolute Gasteiger partial charge is 0.181 e. The number of hydrogen-bond acceptors (Lipinski definition) is 6. The molecule has 1 saturated heterocycles. The maximum atomic E-state index is 14.6. The number of nitrogens with zero attached hydrogens (tertiary/aromatic N) is 4. The second-order valence-electron chi connectivity index (χ2n) is 10.0. The lowest BCUT2D eigenvalue weighted by atomic mass is 9.91. The molecule has 1 fully saturated rings. The van der Waals surface area contributed by atoms with Crippen LogP contribution in [0.5, 0.6) is 0 Å². The minimum Gasteiger partial charge on any atom is -0.384 e. The molecule has 0 atom stereocenters. The molecular weight excluding hydrogens is 467 g/mol. The Morgan fingerprint density at radius 3 is 2.76 bits per heavy atom. The maximum absolute atomic E-state index is 14.6. The molecule has 1 aliphatic heterocycles. The number of likely N-dealkylation sites (N-methyl/N-ethyl adjacent to an activating group) is 1. The summed E-state index contributed by atoms with van der Waals surface area (Å²) in [6, 6.07) is 11.3. The third-order valence-electron chi connectivity index (χ3n) is 7.14. The number of aromatic amines is 2. The summed E-state index contributed by atoms with van der Waals surface area (Å²) >= 11 is 0. The van der Waals surface area contributed by atoms with Crippen LogP contribution in [0, 0.1) is 5.82 Å². The van der Waals surface area contributed by atoms with Crippen LogP contribution in [0.3, 0.4) is 0 Å². The predicted molar refractivity (Wildman–Crippen MR) is 146 cm³/mol. The Morgan fingerprint density at radius 1 is 1.05 bits per heavy atom. The van der Waals surface area contributed by atoms with Crippen LogP contribution in [-0.2, 0) is 0 Å². The molecule has 0 saturated carbocycles. The number of H-pyrrole nitrogens is 2. The van der Waals surface area contributed by atoms with Crippen LogP contribution in [0.2, 0.25) is 0 Å². The van der Waals surface area contributed by atoms with Crippen molar-refractivity contribution in [3.8, 4) is 22.5 Å². The van der Waals surface area contributed by atoms with Crippen molar-refractivity contribution >= 4 is 27.8 Å². The van der Waals surface area contributed by atoms with E-state index in [0.717, 1.165) is 83.6 Å². The van der Waals surface area contributed by atoms with Gasteiger partial charge in [0.1, 0.15) is 11.5 Å². The first-order valence-electron chi connectivity index (χ1n) is 12.8. The van der Waals surface area contributed by atoms with E-state index in [2.05, 4.69) is 52.8 Å². The summed E-state index contributed by atoms with van der Waals surface area (Å²) in [7, 11) is 4.03. The number of fused-ring (bicyclic) bond motifs is 2. The van der Waals surface area contributed by atoms with Gasteiger partial charge in [-0.05, 0) is 99.0 Å². The van der Waals surface area contributed by atoms with Gasteiger partial charge in [0.05, 0.1) is 11.4 Å². The summed E-state index contributed by atoms with van der Waals surface area (Å²) in [5, 5.41) is 16.3.